The Morgan fingerprint density at radius 1 is 1.12 bits per heavy atom. The van der Waals surface area contributed by atoms with Gasteiger partial charge in [-0.15, -0.1) is 0 Å². The average molecular weight is 370 g/mol. The van der Waals surface area contributed by atoms with E-state index < -0.39 is 0 Å². The van der Waals surface area contributed by atoms with Crippen LogP contribution in [-0.4, -0.2) is 21.7 Å². The number of thiocarbonyl (C=S) groups is 1. The number of carbonyl (C=O) groups excluding carboxylic acids is 1. The van der Waals surface area contributed by atoms with Crippen molar-refractivity contribution in [2.45, 2.75) is 20.5 Å². The number of thioether (sulfide) groups is 1. The maximum Gasteiger partial charge on any atom is 0.266 e. The van der Waals surface area contributed by atoms with Crippen LogP contribution >= 0.6 is 24.0 Å². The maximum atomic E-state index is 12.2. The van der Waals surface area contributed by atoms with Crippen LogP contribution in [0.3, 0.4) is 0 Å². The Kier molecular flexibility index (Phi) is 5.56. The van der Waals surface area contributed by atoms with Crippen LogP contribution in [0.15, 0.2) is 53.4 Å². The average Bonchev–Trinajstić information content (AvgIpc) is 2.88. The molecule has 3 rings (SSSR count). The van der Waals surface area contributed by atoms with E-state index in [4.69, 9.17) is 17.0 Å². The van der Waals surface area contributed by atoms with Gasteiger partial charge in [-0.05, 0) is 43.2 Å². The van der Waals surface area contributed by atoms with Crippen molar-refractivity contribution in [3.63, 3.8) is 0 Å². The van der Waals surface area contributed by atoms with Gasteiger partial charge < -0.3 is 4.74 Å². The predicted octanol–water partition coefficient (Wildman–Crippen LogP) is 4.80. The molecule has 3 nitrogen and oxygen atoms in total. The fraction of sp³-hybridized carbons (Fsp3) is 0.200. The summed E-state index contributed by atoms with van der Waals surface area (Å²) in [5, 5.41) is 0. The Morgan fingerprint density at radius 3 is 2.40 bits per heavy atom. The molecule has 0 radical (unpaired) electrons. The monoisotopic (exact) mass is 369 g/mol. The standard InChI is InChI=1S/C20H19NO2S2/c1-3-21-19(22)18(25-20(21)24)12-15-8-10-17(11-9-15)23-13-16-6-4-14(2)5-7-16/h4-12H,3,13H2,1-2H3/b18-12-. The molecule has 5 heteroatoms. The normalized spacial score (nSPS) is 15.9. The van der Waals surface area contributed by atoms with Gasteiger partial charge in [0.1, 0.15) is 16.7 Å². The minimum Gasteiger partial charge on any atom is -0.489 e. The van der Waals surface area contributed by atoms with Gasteiger partial charge in [-0.1, -0.05) is 65.9 Å². The molecule has 0 saturated carbocycles. The molecule has 0 unspecified atom stereocenters. The van der Waals surface area contributed by atoms with Crippen LogP contribution in [0, 0.1) is 6.92 Å². The Hall–Kier alpha value is -2.11. The third-order valence-corrected chi connectivity index (χ3v) is 5.27. The first-order valence-electron chi connectivity index (χ1n) is 8.10. The van der Waals surface area contributed by atoms with Crippen molar-refractivity contribution in [1.82, 2.24) is 4.90 Å². The van der Waals surface area contributed by atoms with E-state index in [-0.39, 0.29) is 5.91 Å². The van der Waals surface area contributed by atoms with Crippen molar-refractivity contribution in [3.8, 4) is 5.75 Å². The van der Waals surface area contributed by atoms with Crippen molar-refractivity contribution in [2.24, 2.45) is 0 Å². The van der Waals surface area contributed by atoms with Gasteiger partial charge in [0, 0.05) is 6.54 Å². The summed E-state index contributed by atoms with van der Waals surface area (Å²) in [4.78, 5) is 14.5. The molecule has 0 atom stereocenters. The number of benzene rings is 2. The molecule has 1 aliphatic heterocycles. The van der Waals surface area contributed by atoms with Crippen LogP contribution in [0.25, 0.3) is 6.08 Å². The number of ether oxygens (including phenoxy) is 1. The summed E-state index contributed by atoms with van der Waals surface area (Å²) in [6, 6.07) is 16.0. The molecule has 0 N–H and O–H groups in total. The van der Waals surface area contributed by atoms with Crippen LogP contribution in [0.5, 0.6) is 5.75 Å². The summed E-state index contributed by atoms with van der Waals surface area (Å²) in [5.41, 5.74) is 3.33. The molecule has 2 aromatic carbocycles. The van der Waals surface area contributed by atoms with Crippen molar-refractivity contribution in [1.29, 1.82) is 0 Å². The molecule has 2 aromatic rings. The largest absolute Gasteiger partial charge is 0.489 e. The Balaban J connectivity index is 1.64. The molecular formula is C20H19NO2S2. The number of hydrogen-bond donors (Lipinski definition) is 0. The van der Waals surface area contributed by atoms with Gasteiger partial charge in [-0.2, -0.15) is 0 Å². The minimum atomic E-state index is -0.0165. The lowest BCUT2D eigenvalue weighted by molar-refractivity contribution is -0.121. The van der Waals surface area contributed by atoms with Gasteiger partial charge >= 0.3 is 0 Å². The van der Waals surface area contributed by atoms with E-state index in [1.54, 1.807) is 4.90 Å². The molecule has 0 aromatic heterocycles. The highest BCUT2D eigenvalue weighted by Crippen LogP contribution is 2.32. The second-order valence-electron chi connectivity index (χ2n) is 5.77. The van der Waals surface area contributed by atoms with E-state index in [1.807, 2.05) is 37.3 Å². The quantitative estimate of drug-likeness (QED) is 0.559. The Morgan fingerprint density at radius 2 is 1.80 bits per heavy atom. The lowest BCUT2D eigenvalue weighted by atomic mass is 10.1. The van der Waals surface area contributed by atoms with Crippen molar-refractivity contribution in [2.75, 3.05) is 6.54 Å². The van der Waals surface area contributed by atoms with Crippen LogP contribution < -0.4 is 4.74 Å². The number of nitrogens with zero attached hydrogens (tertiary/aromatic N) is 1. The third kappa shape index (κ3) is 4.30. The topological polar surface area (TPSA) is 29.5 Å². The highest BCUT2D eigenvalue weighted by atomic mass is 32.2. The fourth-order valence-corrected chi connectivity index (χ4v) is 3.82. The van der Waals surface area contributed by atoms with Crippen LogP contribution in [0.4, 0.5) is 0 Å². The number of amides is 1. The van der Waals surface area contributed by atoms with E-state index in [0.29, 0.717) is 22.4 Å². The molecule has 0 spiro atoms. The first kappa shape index (κ1) is 17.7. The Bertz CT molecular complexity index is 811. The van der Waals surface area contributed by atoms with Gasteiger partial charge in [0.25, 0.3) is 5.91 Å². The highest BCUT2D eigenvalue weighted by molar-refractivity contribution is 8.26. The second kappa shape index (κ2) is 7.85. The molecular weight excluding hydrogens is 350 g/mol. The summed E-state index contributed by atoms with van der Waals surface area (Å²) in [5.74, 6) is 0.788. The van der Waals surface area contributed by atoms with E-state index >= 15 is 0 Å². The second-order valence-corrected chi connectivity index (χ2v) is 7.45. The zero-order valence-corrected chi connectivity index (χ0v) is 15.8. The van der Waals surface area contributed by atoms with Crippen LogP contribution in [0.1, 0.15) is 23.6 Å². The highest BCUT2D eigenvalue weighted by Gasteiger charge is 2.30. The smallest absolute Gasteiger partial charge is 0.266 e. The molecule has 1 amide bonds. The zero-order valence-electron chi connectivity index (χ0n) is 14.2. The summed E-state index contributed by atoms with van der Waals surface area (Å²) in [6.45, 7) is 5.13. The van der Waals surface area contributed by atoms with E-state index in [1.165, 1.54) is 17.3 Å². The SMILES string of the molecule is CCN1C(=O)/C(=C/c2ccc(OCc3ccc(C)cc3)cc2)SC1=S. The van der Waals surface area contributed by atoms with Gasteiger partial charge in [-0.25, -0.2) is 0 Å². The summed E-state index contributed by atoms with van der Waals surface area (Å²) >= 11 is 6.58. The molecule has 1 aliphatic rings. The summed E-state index contributed by atoms with van der Waals surface area (Å²) in [7, 11) is 0. The first-order chi connectivity index (χ1) is 12.1. The van der Waals surface area contributed by atoms with Crippen molar-refractivity contribution < 1.29 is 9.53 Å². The van der Waals surface area contributed by atoms with E-state index in [0.717, 1.165) is 16.9 Å². The number of carbonyl (C=O) groups is 1. The van der Waals surface area contributed by atoms with Gasteiger partial charge in [0.15, 0.2) is 0 Å². The molecule has 1 fully saturated rings. The van der Waals surface area contributed by atoms with Gasteiger partial charge in [0.2, 0.25) is 0 Å². The lowest BCUT2D eigenvalue weighted by Gasteiger charge is -2.09. The molecule has 0 bridgehead atoms. The zero-order chi connectivity index (χ0) is 17.8. The Labute approximate surface area is 157 Å². The van der Waals surface area contributed by atoms with Crippen molar-refractivity contribution in [3.05, 3.63) is 70.1 Å². The molecule has 0 aliphatic carbocycles. The van der Waals surface area contributed by atoms with Gasteiger partial charge in [0.05, 0.1) is 4.91 Å². The minimum absolute atomic E-state index is 0.0165. The lowest BCUT2D eigenvalue weighted by Crippen LogP contribution is -2.27. The predicted molar refractivity (Wildman–Crippen MR) is 108 cm³/mol. The van der Waals surface area contributed by atoms with Crippen LogP contribution in [-0.2, 0) is 11.4 Å². The number of rotatable bonds is 5. The third-order valence-electron chi connectivity index (χ3n) is 3.89. The molecule has 128 valence electrons. The van der Waals surface area contributed by atoms with E-state index in [9.17, 15) is 4.79 Å². The summed E-state index contributed by atoms with van der Waals surface area (Å²) in [6.07, 6.45) is 1.87. The van der Waals surface area contributed by atoms with Crippen LogP contribution in [0.2, 0.25) is 0 Å². The maximum absolute atomic E-state index is 12.2. The van der Waals surface area contributed by atoms with Gasteiger partial charge in [-0.3, -0.25) is 9.69 Å². The molecule has 1 saturated heterocycles. The number of hydrogen-bond acceptors (Lipinski definition) is 4. The molecule has 1 heterocycles. The van der Waals surface area contributed by atoms with E-state index in [2.05, 4.69) is 31.2 Å². The number of likely N-dealkylation sites (N-methyl/N-ethyl adjacent to an activating group) is 1. The number of aryl methyl sites for hydroxylation is 1. The first-order valence-corrected chi connectivity index (χ1v) is 9.33. The molecule has 25 heavy (non-hydrogen) atoms. The van der Waals surface area contributed by atoms with Crippen molar-refractivity contribution >= 4 is 40.3 Å². The fourth-order valence-electron chi connectivity index (χ4n) is 2.44. The summed E-state index contributed by atoms with van der Waals surface area (Å²) < 4.78 is 6.43.